The first-order valence-electron chi connectivity index (χ1n) is 8.64. The molecule has 2 N–H and O–H groups in total. The van der Waals surface area contributed by atoms with Gasteiger partial charge in [-0.3, -0.25) is 5.32 Å². The zero-order valence-corrected chi connectivity index (χ0v) is 17.3. The summed E-state index contributed by atoms with van der Waals surface area (Å²) in [5.74, 6) is 0. The Labute approximate surface area is 180 Å². The first-order chi connectivity index (χ1) is 14.0. The molecule has 0 atom stereocenters. The Morgan fingerprint density at radius 3 is 2.72 bits per heavy atom. The summed E-state index contributed by atoms with van der Waals surface area (Å²) in [7, 11) is 0. The lowest BCUT2D eigenvalue weighted by Crippen LogP contribution is -2.36. The van der Waals surface area contributed by atoms with Crippen LogP contribution < -0.4 is 10.2 Å². The number of carboxylic acid groups (broad SMARTS) is 1. The SMILES string of the molecule is O=C(O)Nc1cccc(-c2nc(N3CCOCC3)sc2-c2ccnc(Cl)n2)c1Cl. The summed E-state index contributed by atoms with van der Waals surface area (Å²) in [5.41, 5.74) is 2.10. The van der Waals surface area contributed by atoms with E-state index in [1.807, 2.05) is 0 Å². The minimum Gasteiger partial charge on any atom is -0.465 e. The van der Waals surface area contributed by atoms with Crippen LogP contribution in [-0.4, -0.2) is 52.5 Å². The third kappa shape index (κ3) is 4.27. The minimum absolute atomic E-state index is 0.127. The fourth-order valence-corrected chi connectivity index (χ4v) is 4.45. The number of hydrogen-bond donors (Lipinski definition) is 2. The van der Waals surface area contributed by atoms with Crippen molar-refractivity contribution in [2.45, 2.75) is 0 Å². The monoisotopic (exact) mass is 451 g/mol. The van der Waals surface area contributed by atoms with Crippen LogP contribution >= 0.6 is 34.5 Å². The number of nitrogens with zero attached hydrogens (tertiary/aromatic N) is 4. The highest BCUT2D eigenvalue weighted by atomic mass is 35.5. The zero-order chi connectivity index (χ0) is 20.4. The largest absolute Gasteiger partial charge is 0.465 e. The smallest absolute Gasteiger partial charge is 0.409 e. The van der Waals surface area contributed by atoms with Gasteiger partial charge in [0.05, 0.1) is 40.2 Å². The van der Waals surface area contributed by atoms with Gasteiger partial charge in [-0.15, -0.1) is 0 Å². The molecule has 0 radical (unpaired) electrons. The average Bonchev–Trinajstić information content (AvgIpc) is 3.15. The van der Waals surface area contributed by atoms with Gasteiger partial charge in [0.1, 0.15) is 0 Å². The van der Waals surface area contributed by atoms with Crippen molar-refractivity contribution >= 4 is 51.5 Å². The van der Waals surface area contributed by atoms with Crippen molar-refractivity contribution in [3.63, 3.8) is 0 Å². The number of ether oxygens (including phenoxy) is 1. The molecular weight excluding hydrogens is 437 g/mol. The number of benzene rings is 1. The average molecular weight is 452 g/mol. The highest BCUT2D eigenvalue weighted by Gasteiger charge is 2.23. The minimum atomic E-state index is -1.20. The van der Waals surface area contributed by atoms with Crippen LogP contribution in [0.4, 0.5) is 15.6 Å². The first kappa shape index (κ1) is 19.8. The van der Waals surface area contributed by atoms with E-state index >= 15 is 0 Å². The van der Waals surface area contributed by atoms with Gasteiger partial charge in [0.25, 0.3) is 0 Å². The Balaban J connectivity index is 1.85. The van der Waals surface area contributed by atoms with Gasteiger partial charge in [-0.25, -0.2) is 19.7 Å². The standard InChI is InChI=1S/C18H15Cl2N5O3S/c19-13-10(2-1-3-11(13)23-18(26)27)14-15(12-4-5-21-16(20)22-12)29-17(24-14)25-6-8-28-9-7-25/h1-5,23H,6-9H2,(H,26,27). The molecule has 1 saturated heterocycles. The van der Waals surface area contributed by atoms with Gasteiger partial charge < -0.3 is 14.7 Å². The Bertz CT molecular complexity index is 1060. The molecule has 3 aromatic rings. The number of hydrogen-bond acceptors (Lipinski definition) is 7. The lowest BCUT2D eigenvalue weighted by atomic mass is 10.1. The Kier molecular flexibility index (Phi) is 5.81. The van der Waals surface area contributed by atoms with Crippen LogP contribution in [0.5, 0.6) is 0 Å². The number of nitrogens with one attached hydrogen (secondary N) is 1. The van der Waals surface area contributed by atoms with Gasteiger partial charge in [0.2, 0.25) is 5.28 Å². The molecule has 1 aromatic carbocycles. The number of aromatic nitrogens is 3. The number of morpholine rings is 1. The Hall–Kier alpha value is -2.46. The number of thiazole rings is 1. The molecule has 0 spiro atoms. The molecular formula is C18H15Cl2N5O3S. The molecule has 11 heteroatoms. The summed E-state index contributed by atoms with van der Waals surface area (Å²) in [6.07, 6.45) is 0.381. The lowest BCUT2D eigenvalue weighted by Gasteiger charge is -2.26. The van der Waals surface area contributed by atoms with Gasteiger partial charge >= 0.3 is 6.09 Å². The van der Waals surface area contributed by atoms with E-state index in [9.17, 15) is 4.79 Å². The molecule has 1 aliphatic heterocycles. The molecule has 4 rings (SSSR count). The van der Waals surface area contributed by atoms with Crippen molar-refractivity contribution in [2.24, 2.45) is 0 Å². The quantitative estimate of drug-likeness (QED) is 0.562. The number of anilines is 2. The highest BCUT2D eigenvalue weighted by Crippen LogP contribution is 2.43. The fraction of sp³-hybridized carbons (Fsp3) is 0.222. The van der Waals surface area contributed by atoms with Crippen LogP contribution in [-0.2, 0) is 4.74 Å². The van der Waals surface area contributed by atoms with Gasteiger partial charge in [0.15, 0.2) is 5.13 Å². The van der Waals surface area contributed by atoms with Crippen LogP contribution in [0, 0.1) is 0 Å². The van der Waals surface area contributed by atoms with E-state index < -0.39 is 6.09 Å². The number of amides is 1. The van der Waals surface area contributed by atoms with E-state index in [1.54, 1.807) is 30.5 Å². The van der Waals surface area contributed by atoms with E-state index in [0.29, 0.717) is 30.2 Å². The molecule has 1 fully saturated rings. The maximum absolute atomic E-state index is 11.1. The van der Waals surface area contributed by atoms with Crippen molar-refractivity contribution in [1.29, 1.82) is 0 Å². The maximum Gasteiger partial charge on any atom is 0.409 e. The summed E-state index contributed by atoms with van der Waals surface area (Å²) in [4.78, 5) is 27.0. The van der Waals surface area contributed by atoms with E-state index in [4.69, 9.17) is 38.0 Å². The molecule has 2 aromatic heterocycles. The normalized spacial score (nSPS) is 14.1. The van der Waals surface area contributed by atoms with Gasteiger partial charge in [-0.05, 0) is 23.7 Å². The van der Waals surface area contributed by atoms with Crippen LogP contribution in [0.15, 0.2) is 30.5 Å². The molecule has 3 heterocycles. The molecule has 29 heavy (non-hydrogen) atoms. The Morgan fingerprint density at radius 1 is 1.21 bits per heavy atom. The summed E-state index contributed by atoms with van der Waals surface area (Å²) in [5, 5.41) is 12.6. The predicted octanol–water partition coefficient (Wildman–Crippen LogP) is 4.50. The van der Waals surface area contributed by atoms with Crippen LogP contribution in [0.3, 0.4) is 0 Å². The van der Waals surface area contributed by atoms with E-state index in [1.165, 1.54) is 11.3 Å². The molecule has 8 nitrogen and oxygen atoms in total. The molecule has 0 aliphatic carbocycles. The number of halogens is 2. The van der Waals surface area contributed by atoms with E-state index in [0.717, 1.165) is 23.1 Å². The highest BCUT2D eigenvalue weighted by molar-refractivity contribution is 7.19. The van der Waals surface area contributed by atoms with Crippen molar-refractivity contribution in [1.82, 2.24) is 15.0 Å². The zero-order valence-electron chi connectivity index (χ0n) is 14.9. The Morgan fingerprint density at radius 2 is 2.00 bits per heavy atom. The maximum atomic E-state index is 11.1. The van der Waals surface area contributed by atoms with E-state index in [2.05, 4.69) is 20.2 Å². The van der Waals surface area contributed by atoms with Crippen molar-refractivity contribution in [2.75, 3.05) is 36.5 Å². The van der Waals surface area contributed by atoms with Crippen molar-refractivity contribution in [3.05, 3.63) is 40.8 Å². The second kappa shape index (κ2) is 8.50. The predicted molar refractivity (Wildman–Crippen MR) is 113 cm³/mol. The van der Waals surface area contributed by atoms with Crippen LogP contribution in [0.25, 0.3) is 21.8 Å². The lowest BCUT2D eigenvalue weighted by molar-refractivity contribution is 0.122. The molecule has 0 unspecified atom stereocenters. The van der Waals surface area contributed by atoms with Gasteiger partial charge in [-0.2, -0.15) is 0 Å². The molecule has 1 amide bonds. The van der Waals surface area contributed by atoms with Crippen LogP contribution in [0.1, 0.15) is 0 Å². The van der Waals surface area contributed by atoms with Gasteiger partial charge in [-0.1, -0.05) is 35.1 Å². The van der Waals surface area contributed by atoms with Crippen LogP contribution in [0.2, 0.25) is 10.3 Å². The molecule has 0 bridgehead atoms. The third-order valence-electron chi connectivity index (χ3n) is 4.25. The van der Waals surface area contributed by atoms with Crippen molar-refractivity contribution < 1.29 is 14.6 Å². The summed E-state index contributed by atoms with van der Waals surface area (Å²) < 4.78 is 5.43. The second-order valence-electron chi connectivity index (χ2n) is 6.08. The molecule has 1 aliphatic rings. The second-order valence-corrected chi connectivity index (χ2v) is 7.78. The number of carbonyl (C=O) groups is 1. The third-order valence-corrected chi connectivity index (χ3v) is 5.98. The fourth-order valence-electron chi connectivity index (χ4n) is 2.94. The van der Waals surface area contributed by atoms with Gasteiger partial charge in [0, 0.05) is 24.8 Å². The summed E-state index contributed by atoms with van der Waals surface area (Å²) in [6.45, 7) is 2.71. The summed E-state index contributed by atoms with van der Waals surface area (Å²) >= 11 is 14.0. The number of rotatable bonds is 4. The molecule has 150 valence electrons. The van der Waals surface area contributed by atoms with E-state index in [-0.39, 0.29) is 16.0 Å². The molecule has 0 saturated carbocycles. The topological polar surface area (TPSA) is 100 Å². The van der Waals surface area contributed by atoms with Crippen molar-refractivity contribution in [3.8, 4) is 21.8 Å². The summed E-state index contributed by atoms with van der Waals surface area (Å²) in [6, 6.07) is 6.85. The first-order valence-corrected chi connectivity index (χ1v) is 10.2.